The zero-order valence-corrected chi connectivity index (χ0v) is 8.03. The summed E-state index contributed by atoms with van der Waals surface area (Å²) >= 11 is 0. The number of ether oxygens (including phenoxy) is 3. The zero-order valence-electron chi connectivity index (χ0n) is 8.03. The van der Waals surface area contributed by atoms with Crippen molar-refractivity contribution in [3.63, 3.8) is 0 Å². The maximum Gasteiger partial charge on any atom is 0.163 e. The van der Waals surface area contributed by atoms with Gasteiger partial charge in [0.2, 0.25) is 0 Å². The van der Waals surface area contributed by atoms with Crippen LogP contribution in [0.1, 0.15) is 20.3 Å². The lowest BCUT2D eigenvalue weighted by Crippen LogP contribution is -2.40. The predicted molar refractivity (Wildman–Crippen MR) is 45.3 cm³/mol. The summed E-state index contributed by atoms with van der Waals surface area (Å²) in [5.41, 5.74) is 0. The van der Waals surface area contributed by atoms with E-state index < -0.39 is 5.79 Å². The van der Waals surface area contributed by atoms with Crippen LogP contribution in [-0.4, -0.2) is 42.4 Å². The van der Waals surface area contributed by atoms with Crippen molar-refractivity contribution in [2.24, 2.45) is 0 Å². The molecular weight excluding hydrogens is 172 g/mol. The minimum atomic E-state index is -0.497. The number of rotatable bonds is 1. The van der Waals surface area contributed by atoms with Gasteiger partial charge in [0.05, 0.1) is 25.4 Å². The fourth-order valence-corrected chi connectivity index (χ4v) is 1.94. The molecule has 0 aromatic heterocycles. The quantitative estimate of drug-likeness (QED) is 0.642. The fraction of sp³-hybridized carbons (Fsp3) is 1.00. The monoisotopic (exact) mass is 188 g/mol. The summed E-state index contributed by atoms with van der Waals surface area (Å²) in [6, 6.07) is 0. The van der Waals surface area contributed by atoms with Gasteiger partial charge in [0.1, 0.15) is 6.10 Å². The highest BCUT2D eigenvalue weighted by Gasteiger charge is 2.44. The van der Waals surface area contributed by atoms with E-state index in [1.54, 1.807) is 0 Å². The first kappa shape index (κ1) is 9.40. The number of aliphatic hydroxyl groups is 1. The Labute approximate surface area is 77.8 Å². The molecule has 0 spiro atoms. The largest absolute Gasteiger partial charge is 0.394 e. The molecule has 2 saturated heterocycles. The van der Waals surface area contributed by atoms with E-state index in [9.17, 15) is 0 Å². The molecule has 2 fully saturated rings. The Morgan fingerprint density at radius 2 is 2.00 bits per heavy atom. The van der Waals surface area contributed by atoms with E-state index in [-0.39, 0.29) is 24.9 Å². The molecule has 2 heterocycles. The van der Waals surface area contributed by atoms with Gasteiger partial charge in [-0.2, -0.15) is 0 Å². The maximum atomic E-state index is 8.92. The normalized spacial score (nSPS) is 43.2. The third-order valence-electron chi connectivity index (χ3n) is 2.48. The first-order valence-electron chi connectivity index (χ1n) is 4.69. The smallest absolute Gasteiger partial charge is 0.163 e. The third-order valence-corrected chi connectivity index (χ3v) is 2.48. The molecule has 0 aliphatic carbocycles. The lowest BCUT2D eigenvalue weighted by molar-refractivity contribution is -0.146. The minimum Gasteiger partial charge on any atom is -0.394 e. The topological polar surface area (TPSA) is 47.9 Å². The van der Waals surface area contributed by atoms with Crippen LogP contribution < -0.4 is 0 Å². The van der Waals surface area contributed by atoms with E-state index in [2.05, 4.69) is 0 Å². The van der Waals surface area contributed by atoms with Crippen LogP contribution in [0.15, 0.2) is 0 Å². The summed E-state index contributed by atoms with van der Waals surface area (Å²) in [6.45, 7) is 4.39. The van der Waals surface area contributed by atoms with E-state index in [4.69, 9.17) is 19.3 Å². The molecule has 0 amide bonds. The van der Waals surface area contributed by atoms with Gasteiger partial charge >= 0.3 is 0 Å². The molecule has 0 radical (unpaired) electrons. The highest BCUT2D eigenvalue weighted by atomic mass is 16.8. The Balaban J connectivity index is 1.98. The number of aliphatic hydroxyl groups excluding tert-OH is 1. The first-order valence-corrected chi connectivity index (χ1v) is 4.69. The van der Waals surface area contributed by atoms with Crippen molar-refractivity contribution < 1.29 is 19.3 Å². The van der Waals surface area contributed by atoms with Crippen LogP contribution >= 0.6 is 0 Å². The molecule has 4 heteroatoms. The highest BCUT2D eigenvalue weighted by molar-refractivity contribution is 4.86. The van der Waals surface area contributed by atoms with Crippen LogP contribution in [0, 0.1) is 0 Å². The summed E-state index contributed by atoms with van der Waals surface area (Å²) in [5, 5.41) is 8.92. The SMILES string of the molecule is CC1(C)O[C@H]2COC(CO)C[C@H]2O1. The lowest BCUT2D eigenvalue weighted by atomic mass is 10.0. The molecule has 0 aromatic rings. The average molecular weight is 188 g/mol. The van der Waals surface area contributed by atoms with Crippen molar-refractivity contribution in [3.05, 3.63) is 0 Å². The van der Waals surface area contributed by atoms with Gasteiger partial charge in [-0.25, -0.2) is 0 Å². The zero-order chi connectivity index (χ0) is 9.47. The highest BCUT2D eigenvalue weighted by Crippen LogP contribution is 2.33. The van der Waals surface area contributed by atoms with E-state index >= 15 is 0 Å². The van der Waals surface area contributed by atoms with Gasteiger partial charge in [-0.15, -0.1) is 0 Å². The second kappa shape index (κ2) is 3.20. The van der Waals surface area contributed by atoms with Crippen LogP contribution in [0.2, 0.25) is 0 Å². The van der Waals surface area contributed by atoms with E-state index in [0.29, 0.717) is 6.61 Å². The lowest BCUT2D eigenvalue weighted by Gasteiger charge is -2.28. The molecule has 4 nitrogen and oxygen atoms in total. The molecule has 0 saturated carbocycles. The minimum absolute atomic E-state index is 0.0396. The Morgan fingerprint density at radius 1 is 1.31 bits per heavy atom. The van der Waals surface area contributed by atoms with Crippen molar-refractivity contribution in [2.75, 3.05) is 13.2 Å². The van der Waals surface area contributed by atoms with E-state index in [1.807, 2.05) is 13.8 Å². The van der Waals surface area contributed by atoms with Gasteiger partial charge in [0.15, 0.2) is 5.79 Å². The summed E-state index contributed by atoms with van der Waals surface area (Å²) < 4.78 is 16.7. The van der Waals surface area contributed by atoms with Gasteiger partial charge in [-0.05, 0) is 13.8 Å². The summed E-state index contributed by atoms with van der Waals surface area (Å²) in [7, 11) is 0. The first-order chi connectivity index (χ1) is 6.11. The predicted octanol–water partition coefficient (Wildman–Crippen LogP) is 0.288. The fourth-order valence-electron chi connectivity index (χ4n) is 1.94. The van der Waals surface area contributed by atoms with E-state index in [0.717, 1.165) is 6.42 Å². The number of hydrogen-bond acceptors (Lipinski definition) is 4. The molecule has 1 unspecified atom stereocenters. The molecule has 0 aromatic carbocycles. The molecule has 0 bridgehead atoms. The Bertz CT molecular complexity index is 192. The van der Waals surface area contributed by atoms with Crippen molar-refractivity contribution >= 4 is 0 Å². The Morgan fingerprint density at radius 3 is 2.69 bits per heavy atom. The maximum absolute atomic E-state index is 8.92. The Kier molecular flexibility index (Phi) is 2.32. The molecule has 2 aliphatic rings. The average Bonchev–Trinajstić information content (AvgIpc) is 2.36. The van der Waals surface area contributed by atoms with Crippen molar-refractivity contribution in [1.82, 2.24) is 0 Å². The molecule has 3 atom stereocenters. The van der Waals surface area contributed by atoms with Crippen molar-refractivity contribution in [1.29, 1.82) is 0 Å². The van der Waals surface area contributed by atoms with Crippen LogP contribution in [0.3, 0.4) is 0 Å². The van der Waals surface area contributed by atoms with Gasteiger partial charge in [-0.3, -0.25) is 0 Å². The summed E-state index contributed by atoms with van der Waals surface area (Å²) in [6.07, 6.45) is 0.766. The van der Waals surface area contributed by atoms with Crippen LogP contribution in [0.25, 0.3) is 0 Å². The van der Waals surface area contributed by atoms with Gasteiger partial charge in [0, 0.05) is 6.42 Å². The van der Waals surface area contributed by atoms with Crippen molar-refractivity contribution in [2.45, 2.75) is 44.4 Å². The van der Waals surface area contributed by atoms with Crippen LogP contribution in [-0.2, 0) is 14.2 Å². The molecule has 13 heavy (non-hydrogen) atoms. The van der Waals surface area contributed by atoms with Crippen LogP contribution in [0.4, 0.5) is 0 Å². The molecule has 76 valence electrons. The number of hydrogen-bond donors (Lipinski definition) is 1. The van der Waals surface area contributed by atoms with Crippen molar-refractivity contribution in [3.8, 4) is 0 Å². The summed E-state index contributed by atoms with van der Waals surface area (Å²) in [4.78, 5) is 0. The second-order valence-electron chi connectivity index (χ2n) is 4.09. The van der Waals surface area contributed by atoms with Gasteiger partial charge < -0.3 is 19.3 Å². The molecular formula is C9H16O4. The number of fused-ring (bicyclic) bond motifs is 1. The van der Waals surface area contributed by atoms with Gasteiger partial charge in [-0.1, -0.05) is 0 Å². The Hall–Kier alpha value is -0.160. The summed E-state index contributed by atoms with van der Waals surface area (Å²) in [5.74, 6) is -0.497. The van der Waals surface area contributed by atoms with E-state index in [1.165, 1.54) is 0 Å². The molecule has 2 rings (SSSR count). The standard InChI is InChI=1S/C9H16O4/c1-9(2)12-7-3-6(4-10)11-5-8(7)13-9/h6-8,10H,3-5H2,1-2H3/t6?,7-,8+/m1/s1. The molecule has 2 aliphatic heterocycles. The molecule has 1 N–H and O–H groups in total. The van der Waals surface area contributed by atoms with Crippen LogP contribution in [0.5, 0.6) is 0 Å². The third kappa shape index (κ3) is 1.86. The second-order valence-corrected chi connectivity index (χ2v) is 4.09. The van der Waals surface area contributed by atoms with Gasteiger partial charge in [0.25, 0.3) is 0 Å².